The van der Waals surface area contributed by atoms with Gasteiger partial charge in [-0.05, 0) is 24.6 Å². The molecule has 0 saturated carbocycles. The molecule has 146 valence electrons. The van der Waals surface area contributed by atoms with E-state index in [1.165, 1.54) is 19.1 Å². The Kier molecular flexibility index (Phi) is 5.47. The van der Waals surface area contributed by atoms with Crippen molar-refractivity contribution in [3.63, 3.8) is 0 Å². The zero-order valence-electron chi connectivity index (χ0n) is 14.8. The first-order valence-corrected chi connectivity index (χ1v) is 8.41. The molecule has 0 aliphatic carbocycles. The molecule has 1 aromatic carbocycles. The lowest BCUT2D eigenvalue weighted by Gasteiger charge is -2.42. The summed E-state index contributed by atoms with van der Waals surface area (Å²) in [5.41, 5.74) is 0.557. The van der Waals surface area contributed by atoms with Crippen molar-refractivity contribution in [3.8, 4) is 5.75 Å². The quantitative estimate of drug-likeness (QED) is 0.518. The fourth-order valence-corrected chi connectivity index (χ4v) is 3.08. The lowest BCUT2D eigenvalue weighted by Crippen LogP contribution is -2.65. The smallest absolute Gasteiger partial charge is 0.336 e. The van der Waals surface area contributed by atoms with Gasteiger partial charge in [0.05, 0.1) is 6.61 Å². The van der Waals surface area contributed by atoms with Crippen LogP contribution in [0.2, 0.25) is 0 Å². The summed E-state index contributed by atoms with van der Waals surface area (Å²) in [4.78, 5) is 23.0. The highest BCUT2D eigenvalue weighted by molar-refractivity contribution is 5.81. The number of aryl methyl sites for hydroxylation is 1. The number of carbonyl (C=O) groups excluding carboxylic acids is 1. The van der Waals surface area contributed by atoms with E-state index >= 15 is 0 Å². The predicted octanol–water partition coefficient (Wildman–Crippen LogP) is -0.576. The topological polar surface area (TPSA) is 138 Å². The van der Waals surface area contributed by atoms with Crippen LogP contribution in [0.15, 0.2) is 33.5 Å². The standard InChI is InChI=1S/C18H21NO8/c1-8-5-14(22)26-12-6-10(3-4-11(8)12)25-18-15(19-9(2)21)17(24)16(23)13(7-20)27-18/h3-6,13,15-18,20,23-24H,7H2,1-2H3,(H,19,21)/t13-,15+,16+,17-,18+/m0/s1. The van der Waals surface area contributed by atoms with Gasteiger partial charge in [0.25, 0.3) is 0 Å². The molecular formula is C18H21NO8. The Morgan fingerprint density at radius 2 is 2.00 bits per heavy atom. The summed E-state index contributed by atoms with van der Waals surface area (Å²) >= 11 is 0. The SMILES string of the molecule is CC(=O)N[C@H]1[C@H](Oc2ccc3c(C)cc(=O)oc3c2)O[C@@H](CO)[C@@H](O)[C@H]1O. The average molecular weight is 379 g/mol. The van der Waals surface area contributed by atoms with Crippen LogP contribution in [0, 0.1) is 6.92 Å². The fourth-order valence-electron chi connectivity index (χ4n) is 3.08. The number of carbonyl (C=O) groups is 1. The number of aliphatic hydroxyl groups is 3. The molecule has 1 aliphatic heterocycles. The monoisotopic (exact) mass is 379 g/mol. The molecule has 1 aromatic heterocycles. The molecule has 27 heavy (non-hydrogen) atoms. The van der Waals surface area contributed by atoms with E-state index in [4.69, 9.17) is 13.9 Å². The molecular weight excluding hydrogens is 358 g/mol. The first-order valence-electron chi connectivity index (χ1n) is 8.41. The van der Waals surface area contributed by atoms with E-state index in [-0.39, 0.29) is 5.75 Å². The highest BCUT2D eigenvalue weighted by Crippen LogP contribution is 2.27. The fraction of sp³-hybridized carbons (Fsp3) is 0.444. The van der Waals surface area contributed by atoms with Gasteiger partial charge >= 0.3 is 5.63 Å². The van der Waals surface area contributed by atoms with E-state index < -0.39 is 48.8 Å². The Hall–Kier alpha value is -2.46. The second-order valence-corrected chi connectivity index (χ2v) is 6.46. The normalized spacial score (nSPS) is 28.1. The van der Waals surface area contributed by atoms with Crippen LogP contribution < -0.4 is 15.7 Å². The van der Waals surface area contributed by atoms with Crippen molar-refractivity contribution in [2.24, 2.45) is 0 Å². The number of benzene rings is 1. The maximum Gasteiger partial charge on any atom is 0.336 e. The number of fused-ring (bicyclic) bond motifs is 1. The molecule has 3 rings (SSSR count). The van der Waals surface area contributed by atoms with Gasteiger partial charge in [0.15, 0.2) is 0 Å². The number of nitrogens with one attached hydrogen (secondary N) is 1. The van der Waals surface area contributed by atoms with Gasteiger partial charge in [0.1, 0.15) is 35.7 Å². The van der Waals surface area contributed by atoms with E-state index in [9.17, 15) is 24.9 Å². The zero-order chi connectivity index (χ0) is 19.7. The van der Waals surface area contributed by atoms with Crippen LogP contribution in [0.5, 0.6) is 5.75 Å². The highest BCUT2D eigenvalue weighted by Gasteiger charge is 2.46. The molecule has 0 bridgehead atoms. The average Bonchev–Trinajstić information content (AvgIpc) is 2.60. The second-order valence-electron chi connectivity index (χ2n) is 6.46. The van der Waals surface area contributed by atoms with Crippen LogP contribution in [0.25, 0.3) is 11.0 Å². The molecule has 0 spiro atoms. The molecule has 9 nitrogen and oxygen atoms in total. The Morgan fingerprint density at radius 3 is 2.67 bits per heavy atom. The Bertz CT molecular complexity index is 895. The lowest BCUT2D eigenvalue weighted by atomic mass is 9.97. The van der Waals surface area contributed by atoms with E-state index in [1.807, 2.05) is 0 Å². The first kappa shape index (κ1) is 19.3. The van der Waals surface area contributed by atoms with Crippen molar-refractivity contribution in [1.29, 1.82) is 0 Å². The van der Waals surface area contributed by atoms with E-state index in [0.29, 0.717) is 5.58 Å². The van der Waals surface area contributed by atoms with Crippen molar-refractivity contribution in [1.82, 2.24) is 5.32 Å². The minimum Gasteiger partial charge on any atom is -0.462 e. The Balaban J connectivity index is 1.91. The molecule has 2 heterocycles. The number of ether oxygens (including phenoxy) is 2. The number of rotatable bonds is 4. The summed E-state index contributed by atoms with van der Waals surface area (Å²) in [6, 6.07) is 5.12. The third-order valence-electron chi connectivity index (χ3n) is 4.43. The Labute approximate surface area is 154 Å². The summed E-state index contributed by atoms with van der Waals surface area (Å²) in [6.45, 7) is 2.48. The van der Waals surface area contributed by atoms with Gasteiger partial charge in [-0.15, -0.1) is 0 Å². The maximum absolute atomic E-state index is 11.6. The van der Waals surface area contributed by atoms with E-state index in [0.717, 1.165) is 10.9 Å². The summed E-state index contributed by atoms with van der Waals surface area (Å²) in [7, 11) is 0. The number of hydrogen-bond donors (Lipinski definition) is 4. The van der Waals surface area contributed by atoms with Gasteiger partial charge in [-0.2, -0.15) is 0 Å². The first-order chi connectivity index (χ1) is 12.8. The summed E-state index contributed by atoms with van der Waals surface area (Å²) in [5.74, 6) is -0.192. The van der Waals surface area contributed by atoms with Gasteiger partial charge < -0.3 is 34.5 Å². The molecule has 0 radical (unpaired) electrons. The van der Waals surface area contributed by atoms with Crippen molar-refractivity contribution >= 4 is 16.9 Å². The minimum absolute atomic E-state index is 0.261. The highest BCUT2D eigenvalue weighted by atomic mass is 16.7. The van der Waals surface area contributed by atoms with Gasteiger partial charge in [-0.25, -0.2) is 4.79 Å². The van der Waals surface area contributed by atoms with Crippen molar-refractivity contribution < 1.29 is 34.0 Å². The van der Waals surface area contributed by atoms with Crippen molar-refractivity contribution in [2.75, 3.05) is 6.61 Å². The number of aliphatic hydroxyl groups excluding tert-OH is 3. The van der Waals surface area contributed by atoms with Crippen LogP contribution in [0.1, 0.15) is 12.5 Å². The lowest BCUT2D eigenvalue weighted by molar-refractivity contribution is -0.244. The van der Waals surface area contributed by atoms with Crippen LogP contribution in [0.4, 0.5) is 0 Å². The molecule has 1 amide bonds. The molecule has 2 aromatic rings. The zero-order valence-corrected chi connectivity index (χ0v) is 14.8. The van der Waals surface area contributed by atoms with Gasteiger partial charge in [0.2, 0.25) is 12.2 Å². The maximum atomic E-state index is 11.6. The van der Waals surface area contributed by atoms with Gasteiger partial charge in [0, 0.05) is 24.4 Å². The third-order valence-corrected chi connectivity index (χ3v) is 4.43. The predicted molar refractivity (Wildman–Crippen MR) is 93.2 cm³/mol. The van der Waals surface area contributed by atoms with Crippen LogP contribution in [0.3, 0.4) is 0 Å². The molecule has 0 unspecified atom stereocenters. The summed E-state index contributed by atoms with van der Waals surface area (Å²) in [5, 5.41) is 32.9. The van der Waals surface area contributed by atoms with E-state index in [1.54, 1.807) is 19.1 Å². The van der Waals surface area contributed by atoms with Crippen LogP contribution >= 0.6 is 0 Å². The summed E-state index contributed by atoms with van der Waals surface area (Å²) in [6.07, 6.45) is -5.08. The molecule has 1 saturated heterocycles. The summed E-state index contributed by atoms with van der Waals surface area (Å²) < 4.78 is 16.4. The Morgan fingerprint density at radius 1 is 1.26 bits per heavy atom. The third kappa shape index (κ3) is 3.96. The minimum atomic E-state index is -1.41. The van der Waals surface area contributed by atoms with Crippen molar-refractivity contribution in [3.05, 3.63) is 40.2 Å². The van der Waals surface area contributed by atoms with Gasteiger partial charge in [-0.3, -0.25) is 4.79 Å². The molecule has 1 fully saturated rings. The molecule has 9 heteroatoms. The van der Waals surface area contributed by atoms with Crippen LogP contribution in [-0.4, -0.2) is 58.5 Å². The molecule has 5 atom stereocenters. The molecule has 4 N–H and O–H groups in total. The molecule has 1 aliphatic rings. The van der Waals surface area contributed by atoms with Crippen molar-refractivity contribution in [2.45, 2.75) is 44.5 Å². The van der Waals surface area contributed by atoms with Gasteiger partial charge in [-0.1, -0.05) is 0 Å². The van der Waals surface area contributed by atoms with Crippen LogP contribution in [-0.2, 0) is 9.53 Å². The number of hydrogen-bond acceptors (Lipinski definition) is 8. The van der Waals surface area contributed by atoms with E-state index in [2.05, 4.69) is 5.32 Å². The number of amides is 1. The largest absolute Gasteiger partial charge is 0.462 e. The second kappa shape index (κ2) is 7.65.